The Morgan fingerprint density at radius 2 is 1.19 bits per heavy atom. The molecule has 1 unspecified atom stereocenters. The molecule has 0 rings (SSSR count). The van der Waals surface area contributed by atoms with Gasteiger partial charge in [0.1, 0.15) is 0 Å². The Balaban J connectivity index is 3.56. The van der Waals surface area contributed by atoms with Crippen LogP contribution in [0.3, 0.4) is 0 Å². The lowest BCUT2D eigenvalue weighted by Gasteiger charge is -2.29. The van der Waals surface area contributed by atoms with Gasteiger partial charge in [0, 0.05) is 5.57 Å². The largest absolute Gasteiger partial charge is 0.366 e. The fourth-order valence-corrected chi connectivity index (χ4v) is 3.79. The van der Waals surface area contributed by atoms with E-state index in [1.165, 1.54) is 96.3 Å². The molecule has 0 aliphatic rings. The first-order valence-corrected chi connectivity index (χ1v) is 11.8. The third-order valence-corrected chi connectivity index (χ3v) is 6.24. The summed E-state index contributed by atoms with van der Waals surface area (Å²) in [5, 5.41) is 0. The van der Waals surface area contributed by atoms with E-state index >= 15 is 0 Å². The van der Waals surface area contributed by atoms with Crippen molar-refractivity contribution in [1.82, 2.24) is 0 Å². The topological polar surface area (TPSA) is 43.1 Å². The zero-order valence-corrected chi connectivity index (χ0v) is 19.2. The second-order valence-corrected chi connectivity index (χ2v) is 9.30. The molecule has 2 heteroatoms. The Labute approximate surface area is 170 Å². The Morgan fingerprint density at radius 3 is 1.56 bits per heavy atom. The van der Waals surface area contributed by atoms with Crippen LogP contribution in [0, 0.1) is 11.3 Å². The van der Waals surface area contributed by atoms with E-state index in [2.05, 4.69) is 33.8 Å². The summed E-state index contributed by atoms with van der Waals surface area (Å²) in [5.74, 6) is 0.274. The fraction of sp³-hybridized carbons (Fsp3) is 0.880. The number of unbranched alkanes of at least 4 members (excludes halogenated alkanes) is 13. The van der Waals surface area contributed by atoms with Gasteiger partial charge in [0.05, 0.1) is 0 Å². The maximum atomic E-state index is 11.3. The Morgan fingerprint density at radius 1 is 0.815 bits per heavy atom. The highest BCUT2D eigenvalue weighted by atomic mass is 16.1. The zero-order chi connectivity index (χ0) is 20.5. The number of allylic oxidation sites excluding steroid dienone is 1. The van der Waals surface area contributed by atoms with Crippen LogP contribution >= 0.6 is 0 Å². The maximum absolute atomic E-state index is 11.3. The van der Waals surface area contributed by atoms with Gasteiger partial charge in [-0.2, -0.15) is 0 Å². The molecule has 0 spiro atoms. The van der Waals surface area contributed by atoms with Crippen molar-refractivity contribution in [3.05, 3.63) is 11.6 Å². The molecule has 0 heterocycles. The third kappa shape index (κ3) is 14.9. The maximum Gasteiger partial charge on any atom is 0.244 e. The van der Waals surface area contributed by atoms with Gasteiger partial charge in [0.25, 0.3) is 0 Å². The first-order valence-electron chi connectivity index (χ1n) is 11.8. The van der Waals surface area contributed by atoms with Gasteiger partial charge in [0.15, 0.2) is 0 Å². The van der Waals surface area contributed by atoms with Gasteiger partial charge in [-0.15, -0.1) is 0 Å². The predicted octanol–water partition coefficient (Wildman–Crippen LogP) is 7.95. The molecule has 0 fully saturated rings. The fourth-order valence-electron chi connectivity index (χ4n) is 3.79. The van der Waals surface area contributed by atoms with Crippen molar-refractivity contribution >= 4 is 5.91 Å². The minimum Gasteiger partial charge on any atom is -0.366 e. The van der Waals surface area contributed by atoms with E-state index < -0.39 is 0 Å². The van der Waals surface area contributed by atoms with Crippen LogP contribution in [0.15, 0.2) is 11.6 Å². The number of hydrogen-bond donors (Lipinski definition) is 1. The summed E-state index contributed by atoms with van der Waals surface area (Å²) >= 11 is 0. The van der Waals surface area contributed by atoms with E-state index in [1.54, 1.807) is 0 Å². The SMILES string of the molecule is CCCCCCCCCCCCCCCCC(C)C(C)(C)C=C(C)C(N)=O. The highest BCUT2D eigenvalue weighted by Gasteiger charge is 2.23. The van der Waals surface area contributed by atoms with Gasteiger partial charge in [-0.1, -0.05) is 124 Å². The predicted molar refractivity (Wildman–Crippen MR) is 121 cm³/mol. The van der Waals surface area contributed by atoms with Crippen LogP contribution in [0.2, 0.25) is 0 Å². The van der Waals surface area contributed by atoms with E-state index in [1.807, 2.05) is 6.92 Å². The van der Waals surface area contributed by atoms with Crippen LogP contribution in [0.4, 0.5) is 0 Å². The molecule has 0 radical (unpaired) electrons. The molecule has 1 atom stereocenters. The van der Waals surface area contributed by atoms with Crippen LogP contribution in [0.25, 0.3) is 0 Å². The standard InChI is InChI=1S/C25H49NO/c1-6-7-8-9-10-11-12-13-14-15-16-17-18-19-20-23(3)25(4,5)21-22(2)24(26)27/h21,23H,6-20H2,1-5H3,(H2,26,27). The number of primary amides is 1. The molecule has 2 N–H and O–H groups in total. The molecule has 27 heavy (non-hydrogen) atoms. The second kappa shape index (κ2) is 16.2. The lowest BCUT2D eigenvalue weighted by Crippen LogP contribution is -2.22. The summed E-state index contributed by atoms with van der Waals surface area (Å²) in [6.07, 6.45) is 23.0. The summed E-state index contributed by atoms with van der Waals surface area (Å²) in [6.45, 7) is 10.8. The van der Waals surface area contributed by atoms with Crippen molar-refractivity contribution in [1.29, 1.82) is 0 Å². The monoisotopic (exact) mass is 379 g/mol. The quantitative estimate of drug-likeness (QED) is 0.190. The smallest absolute Gasteiger partial charge is 0.244 e. The van der Waals surface area contributed by atoms with Gasteiger partial charge in [-0.05, 0) is 24.7 Å². The van der Waals surface area contributed by atoms with E-state index in [0.717, 1.165) is 0 Å². The van der Waals surface area contributed by atoms with Crippen molar-refractivity contribution < 1.29 is 4.79 Å². The average molecular weight is 380 g/mol. The lowest BCUT2D eigenvalue weighted by atomic mass is 9.76. The lowest BCUT2D eigenvalue weighted by molar-refractivity contribution is -0.114. The van der Waals surface area contributed by atoms with Crippen molar-refractivity contribution in [3.63, 3.8) is 0 Å². The minimum absolute atomic E-state index is 0.0374. The first kappa shape index (κ1) is 26.2. The summed E-state index contributed by atoms with van der Waals surface area (Å²) in [5.41, 5.74) is 6.09. The van der Waals surface area contributed by atoms with E-state index in [9.17, 15) is 4.79 Å². The number of nitrogens with two attached hydrogens (primary N) is 1. The van der Waals surface area contributed by atoms with Gasteiger partial charge in [-0.3, -0.25) is 4.79 Å². The molecular formula is C25H49NO. The summed E-state index contributed by atoms with van der Waals surface area (Å²) in [6, 6.07) is 0. The van der Waals surface area contributed by atoms with Crippen molar-refractivity contribution in [2.45, 2.75) is 131 Å². The molecule has 2 nitrogen and oxygen atoms in total. The minimum atomic E-state index is -0.299. The zero-order valence-electron chi connectivity index (χ0n) is 19.2. The van der Waals surface area contributed by atoms with Gasteiger partial charge in [-0.25, -0.2) is 0 Å². The van der Waals surface area contributed by atoms with E-state index in [0.29, 0.717) is 11.5 Å². The highest BCUT2D eigenvalue weighted by molar-refractivity contribution is 5.91. The van der Waals surface area contributed by atoms with Crippen molar-refractivity contribution in [3.8, 4) is 0 Å². The van der Waals surface area contributed by atoms with Crippen LogP contribution in [0.1, 0.15) is 131 Å². The van der Waals surface area contributed by atoms with Gasteiger partial charge < -0.3 is 5.73 Å². The van der Waals surface area contributed by atoms with Crippen molar-refractivity contribution in [2.24, 2.45) is 17.1 Å². The molecule has 0 aromatic carbocycles. The molecule has 0 aromatic heterocycles. The van der Waals surface area contributed by atoms with Crippen molar-refractivity contribution in [2.75, 3.05) is 0 Å². The van der Waals surface area contributed by atoms with Crippen LogP contribution in [-0.2, 0) is 4.79 Å². The Hall–Kier alpha value is -0.790. The molecule has 0 aromatic rings. The summed E-state index contributed by atoms with van der Waals surface area (Å²) < 4.78 is 0. The van der Waals surface area contributed by atoms with Crippen LogP contribution in [-0.4, -0.2) is 5.91 Å². The molecule has 1 amide bonds. The molecule has 160 valence electrons. The highest BCUT2D eigenvalue weighted by Crippen LogP contribution is 2.33. The van der Waals surface area contributed by atoms with Gasteiger partial charge >= 0.3 is 0 Å². The molecule has 0 bridgehead atoms. The molecule has 0 saturated carbocycles. The second-order valence-electron chi connectivity index (χ2n) is 9.30. The third-order valence-electron chi connectivity index (χ3n) is 6.24. The summed E-state index contributed by atoms with van der Waals surface area (Å²) in [4.78, 5) is 11.3. The first-order chi connectivity index (χ1) is 12.8. The number of carbonyl (C=O) groups is 1. The molecule has 0 aliphatic carbocycles. The van der Waals surface area contributed by atoms with Crippen LogP contribution < -0.4 is 5.73 Å². The molecular weight excluding hydrogens is 330 g/mol. The van der Waals surface area contributed by atoms with E-state index in [4.69, 9.17) is 5.73 Å². The average Bonchev–Trinajstić information content (AvgIpc) is 2.61. The number of hydrogen-bond acceptors (Lipinski definition) is 1. The molecule has 0 aliphatic heterocycles. The number of carbonyl (C=O) groups excluding carboxylic acids is 1. The Kier molecular flexibility index (Phi) is 15.7. The summed E-state index contributed by atoms with van der Waals surface area (Å²) in [7, 11) is 0. The van der Waals surface area contributed by atoms with E-state index in [-0.39, 0.29) is 11.3 Å². The number of rotatable bonds is 18. The normalized spacial score (nSPS) is 13.7. The Bertz CT molecular complexity index is 397. The molecule has 0 saturated heterocycles. The van der Waals surface area contributed by atoms with Gasteiger partial charge in [0.2, 0.25) is 5.91 Å². The van der Waals surface area contributed by atoms with Crippen LogP contribution in [0.5, 0.6) is 0 Å². The number of amides is 1.